The van der Waals surface area contributed by atoms with Crippen LogP contribution in [0.4, 0.5) is 27.4 Å². The first-order valence-electron chi connectivity index (χ1n) is 13.1. The molecule has 1 saturated heterocycles. The summed E-state index contributed by atoms with van der Waals surface area (Å²) in [5, 5.41) is 14.0. The molecule has 0 spiro atoms. The zero-order valence-corrected chi connectivity index (χ0v) is 22.3. The van der Waals surface area contributed by atoms with Crippen LogP contribution in [-0.4, -0.2) is 57.3 Å². The van der Waals surface area contributed by atoms with Crippen molar-refractivity contribution in [2.24, 2.45) is 12.8 Å². The van der Waals surface area contributed by atoms with Gasteiger partial charge in [0.2, 0.25) is 0 Å². The molecule has 2 aromatic carbocycles. The third kappa shape index (κ3) is 4.56. The molecule has 0 saturated carbocycles. The van der Waals surface area contributed by atoms with Gasteiger partial charge in [-0.05, 0) is 54.8 Å². The summed E-state index contributed by atoms with van der Waals surface area (Å²) < 4.78 is 19.1. The number of aryl methyl sites for hydroxylation is 3. The smallest absolute Gasteiger partial charge is 0.257 e. The number of nitrogens with one attached hydrogen (secondary N) is 3. The van der Waals surface area contributed by atoms with Gasteiger partial charge in [0.1, 0.15) is 22.9 Å². The number of imidazole rings is 1. The van der Waals surface area contributed by atoms with Crippen LogP contribution in [0, 0.1) is 12.7 Å². The number of amides is 2. The Morgan fingerprint density at radius 3 is 2.65 bits per heavy atom. The van der Waals surface area contributed by atoms with Gasteiger partial charge in [-0.3, -0.25) is 9.59 Å². The molecule has 4 heterocycles. The maximum atomic E-state index is 15.8. The quantitative estimate of drug-likeness (QED) is 0.304. The van der Waals surface area contributed by atoms with Crippen LogP contribution in [0.3, 0.4) is 0 Å². The van der Waals surface area contributed by atoms with Gasteiger partial charge in [-0.1, -0.05) is 0 Å². The van der Waals surface area contributed by atoms with Crippen LogP contribution >= 0.6 is 0 Å². The number of carbonyl (C=O) groups is 2. The fourth-order valence-corrected chi connectivity index (χ4v) is 5.33. The highest BCUT2D eigenvalue weighted by atomic mass is 19.1. The number of aromatic nitrogens is 4. The first-order valence-corrected chi connectivity index (χ1v) is 13.1. The molecule has 40 heavy (non-hydrogen) atoms. The number of hydrogen-bond acceptors (Lipinski definition) is 7. The molecule has 0 bridgehead atoms. The molecule has 1 fully saturated rings. The molecule has 2 amide bonds. The molecular weight excluding hydrogens is 513 g/mol. The molecule has 2 aliphatic rings. The van der Waals surface area contributed by atoms with Crippen LogP contribution in [0.5, 0.6) is 0 Å². The van der Waals surface area contributed by atoms with Gasteiger partial charge in [-0.15, -0.1) is 0 Å². The average Bonchev–Trinajstić information content (AvgIpc) is 3.47. The van der Waals surface area contributed by atoms with E-state index in [1.54, 1.807) is 28.8 Å². The Morgan fingerprint density at radius 2 is 1.93 bits per heavy atom. The zero-order chi connectivity index (χ0) is 28.0. The van der Waals surface area contributed by atoms with Gasteiger partial charge in [0, 0.05) is 68.5 Å². The maximum Gasteiger partial charge on any atom is 0.257 e. The van der Waals surface area contributed by atoms with E-state index in [2.05, 4.69) is 43.1 Å². The third-order valence-electron chi connectivity index (χ3n) is 7.45. The lowest BCUT2D eigenvalue weighted by atomic mass is 9.99. The Hall–Kier alpha value is -4.71. The molecule has 2 aliphatic heterocycles. The number of fused-ring (bicyclic) bond motifs is 2. The first-order chi connectivity index (χ1) is 19.3. The van der Waals surface area contributed by atoms with Crippen LogP contribution < -0.4 is 26.6 Å². The van der Waals surface area contributed by atoms with Crippen LogP contribution in [0.25, 0.3) is 11.3 Å². The van der Waals surface area contributed by atoms with Crippen molar-refractivity contribution in [3.63, 3.8) is 0 Å². The lowest BCUT2D eigenvalue weighted by Crippen LogP contribution is -2.43. The van der Waals surface area contributed by atoms with E-state index in [9.17, 15) is 9.59 Å². The average molecular weight is 544 g/mol. The Kier molecular flexibility index (Phi) is 6.46. The molecule has 12 heteroatoms. The minimum atomic E-state index is -0.723. The van der Waals surface area contributed by atoms with Crippen molar-refractivity contribution in [3.05, 3.63) is 70.9 Å². The second kappa shape index (κ2) is 10.1. The van der Waals surface area contributed by atoms with Crippen molar-refractivity contribution in [1.29, 1.82) is 0 Å². The number of carbonyl (C=O) groups excluding carboxylic acids is 2. The van der Waals surface area contributed by atoms with E-state index < -0.39 is 17.6 Å². The largest absolute Gasteiger partial charge is 0.369 e. The predicted molar refractivity (Wildman–Crippen MR) is 151 cm³/mol. The molecule has 11 nitrogen and oxygen atoms in total. The molecule has 5 N–H and O–H groups in total. The SMILES string of the molecule is Cc1c(C(=O)Nc2cn(C)cn2)ccc(-c2nn3c(c2C(N)=O)Nc2ccc(N4CCNCC4)cc2CC3)c1F. The highest BCUT2D eigenvalue weighted by molar-refractivity contribution is 6.07. The van der Waals surface area contributed by atoms with Crippen LogP contribution in [0.2, 0.25) is 0 Å². The summed E-state index contributed by atoms with van der Waals surface area (Å²) in [6.45, 7) is 5.77. The number of hydrogen-bond donors (Lipinski definition) is 4. The summed E-state index contributed by atoms with van der Waals surface area (Å²) in [7, 11) is 1.78. The van der Waals surface area contributed by atoms with Gasteiger partial charge in [-0.25, -0.2) is 14.1 Å². The fourth-order valence-electron chi connectivity index (χ4n) is 5.33. The first kappa shape index (κ1) is 25.6. The predicted octanol–water partition coefficient (Wildman–Crippen LogP) is 2.79. The van der Waals surface area contributed by atoms with Gasteiger partial charge >= 0.3 is 0 Å². The second-order valence-electron chi connectivity index (χ2n) is 10.1. The van der Waals surface area contributed by atoms with Crippen molar-refractivity contribution in [3.8, 4) is 11.3 Å². The van der Waals surface area contributed by atoms with Crippen LogP contribution in [-0.2, 0) is 20.0 Å². The lowest BCUT2D eigenvalue weighted by Gasteiger charge is -2.30. The summed E-state index contributed by atoms with van der Waals surface area (Å²) in [6.07, 6.45) is 3.87. The molecule has 4 aromatic rings. The van der Waals surface area contributed by atoms with Gasteiger partial charge in [0.15, 0.2) is 5.82 Å². The van der Waals surface area contributed by atoms with E-state index in [0.717, 1.165) is 43.1 Å². The number of halogens is 1. The van der Waals surface area contributed by atoms with Crippen LogP contribution in [0.1, 0.15) is 31.8 Å². The Bertz CT molecular complexity index is 1630. The molecule has 206 valence electrons. The maximum absolute atomic E-state index is 15.8. The minimum Gasteiger partial charge on any atom is -0.369 e. The van der Waals surface area contributed by atoms with Crippen molar-refractivity contribution in [2.45, 2.75) is 19.9 Å². The van der Waals surface area contributed by atoms with Gasteiger partial charge in [-0.2, -0.15) is 5.10 Å². The lowest BCUT2D eigenvalue weighted by molar-refractivity contribution is 0.0998. The third-order valence-corrected chi connectivity index (χ3v) is 7.45. The van der Waals surface area contributed by atoms with E-state index in [-0.39, 0.29) is 27.9 Å². The number of piperazine rings is 1. The molecule has 0 unspecified atom stereocenters. The minimum absolute atomic E-state index is 0.0948. The monoisotopic (exact) mass is 543 g/mol. The van der Waals surface area contributed by atoms with E-state index in [0.29, 0.717) is 24.6 Å². The summed E-state index contributed by atoms with van der Waals surface area (Å²) in [5.41, 5.74) is 9.54. The summed E-state index contributed by atoms with van der Waals surface area (Å²) in [6, 6.07) is 9.20. The molecule has 6 rings (SSSR count). The molecule has 2 aromatic heterocycles. The summed E-state index contributed by atoms with van der Waals surface area (Å²) in [4.78, 5) is 32.0. The molecule has 0 atom stereocenters. The topological polar surface area (TPSA) is 135 Å². The number of nitrogens with two attached hydrogens (primary N) is 1. The fraction of sp³-hybridized carbons (Fsp3) is 0.286. The number of primary amides is 1. The standard InChI is InChI=1S/C28H30FN9O2/c1-16-19(28(40)34-22-14-36(2)15-32-22)4-5-20(24(16)29)25-23(26(30)39)27-33-21-6-3-18(37-11-8-31-9-12-37)13-17(21)7-10-38(27)35-25/h3-6,13-15,31,33H,7-12H2,1-2H3,(H2,30,39)(H,34,40). The van der Waals surface area contributed by atoms with Gasteiger partial charge < -0.3 is 31.2 Å². The van der Waals surface area contributed by atoms with E-state index in [1.165, 1.54) is 19.1 Å². The molecular formula is C28H30FN9O2. The zero-order valence-electron chi connectivity index (χ0n) is 22.3. The number of nitrogens with zero attached hydrogens (tertiary/aromatic N) is 5. The van der Waals surface area contributed by atoms with Crippen molar-refractivity contribution in [2.75, 3.05) is 41.7 Å². The Balaban J connectivity index is 1.33. The normalized spacial score (nSPS) is 14.6. The van der Waals surface area contributed by atoms with Gasteiger partial charge in [0.25, 0.3) is 11.8 Å². The van der Waals surface area contributed by atoms with Gasteiger partial charge in [0.05, 0.1) is 6.33 Å². The summed E-state index contributed by atoms with van der Waals surface area (Å²) in [5.74, 6) is -1.08. The van der Waals surface area contributed by atoms with Crippen molar-refractivity contribution >= 4 is 34.8 Å². The number of anilines is 4. The van der Waals surface area contributed by atoms with Crippen LogP contribution in [0.15, 0.2) is 42.9 Å². The van der Waals surface area contributed by atoms with E-state index >= 15 is 4.39 Å². The number of rotatable bonds is 5. The number of benzene rings is 2. The molecule has 0 radical (unpaired) electrons. The highest BCUT2D eigenvalue weighted by Crippen LogP contribution is 2.37. The molecule has 0 aliphatic carbocycles. The second-order valence-corrected chi connectivity index (χ2v) is 10.1. The van der Waals surface area contributed by atoms with E-state index in [1.807, 2.05) is 6.07 Å². The van der Waals surface area contributed by atoms with E-state index in [4.69, 9.17) is 5.73 Å². The Labute approximate surface area is 230 Å². The highest BCUT2D eigenvalue weighted by Gasteiger charge is 2.29. The van der Waals surface area contributed by atoms with Crippen molar-refractivity contribution in [1.82, 2.24) is 24.6 Å². The summed E-state index contributed by atoms with van der Waals surface area (Å²) >= 11 is 0. The van der Waals surface area contributed by atoms with Crippen molar-refractivity contribution < 1.29 is 14.0 Å². The Morgan fingerprint density at radius 1 is 1.12 bits per heavy atom.